The first-order valence-electron chi connectivity index (χ1n) is 12.0. The van der Waals surface area contributed by atoms with Gasteiger partial charge in [0.15, 0.2) is 11.5 Å². The van der Waals surface area contributed by atoms with Gasteiger partial charge in [-0.05, 0) is 81.9 Å². The van der Waals surface area contributed by atoms with Gasteiger partial charge in [-0.2, -0.15) is 0 Å². The molecule has 2 aromatic rings. The lowest BCUT2D eigenvalue weighted by atomic mass is 9.92. The normalized spacial score (nSPS) is 16.9. The van der Waals surface area contributed by atoms with Gasteiger partial charge in [0.05, 0.1) is 40.1 Å². The molecule has 0 bridgehead atoms. The van der Waals surface area contributed by atoms with Gasteiger partial charge in [-0.1, -0.05) is 0 Å². The Morgan fingerprint density at radius 1 is 0.892 bits per heavy atom. The fraction of sp³-hybridized carbons (Fsp3) is 0.429. The Hall–Kier alpha value is -3.72. The number of ether oxygens (including phenoxy) is 4. The number of hydrogen-bond acceptors (Lipinski definition) is 8. The van der Waals surface area contributed by atoms with E-state index in [1.165, 1.54) is 26.2 Å². The summed E-state index contributed by atoms with van der Waals surface area (Å²) in [6.45, 7) is 4.72. The highest BCUT2D eigenvalue weighted by molar-refractivity contribution is 6.46. The number of amides is 1. The molecule has 1 fully saturated rings. The van der Waals surface area contributed by atoms with Crippen molar-refractivity contribution in [2.75, 3.05) is 55.6 Å². The summed E-state index contributed by atoms with van der Waals surface area (Å²) in [7, 11) is 9.96. The molecule has 1 unspecified atom stereocenters. The maximum absolute atomic E-state index is 13.4. The second-order valence-electron chi connectivity index (χ2n) is 9.24. The van der Waals surface area contributed by atoms with Crippen molar-refractivity contribution in [2.24, 2.45) is 0 Å². The van der Waals surface area contributed by atoms with Crippen molar-refractivity contribution in [3.05, 3.63) is 52.1 Å². The highest BCUT2D eigenvalue weighted by Crippen LogP contribution is 2.46. The van der Waals surface area contributed by atoms with Crippen LogP contribution >= 0.6 is 0 Å². The summed E-state index contributed by atoms with van der Waals surface area (Å²) in [5.41, 5.74) is 2.53. The third-order valence-corrected chi connectivity index (χ3v) is 6.54. The van der Waals surface area contributed by atoms with Gasteiger partial charge in [0.2, 0.25) is 5.75 Å². The zero-order valence-electron chi connectivity index (χ0n) is 22.8. The zero-order chi connectivity index (χ0) is 27.4. The number of aliphatic hydroxyl groups excluding tert-OH is 1. The van der Waals surface area contributed by atoms with E-state index in [-0.39, 0.29) is 11.3 Å². The minimum absolute atomic E-state index is 0.0109. The van der Waals surface area contributed by atoms with Gasteiger partial charge in [0.1, 0.15) is 11.5 Å². The molecular weight excluding hydrogens is 476 g/mol. The van der Waals surface area contributed by atoms with Crippen LogP contribution in [0.25, 0.3) is 5.76 Å². The second kappa shape index (κ2) is 11.6. The van der Waals surface area contributed by atoms with Crippen LogP contribution in [0.2, 0.25) is 0 Å². The fourth-order valence-corrected chi connectivity index (χ4v) is 4.68. The standard InChI is InChI=1S/C28H36N2O7/c1-16-13-20(34-5)17(2)12-19(16)25(31)23-24(30(28(33)26(23)32)11-9-10-29(3)4)18-14-21(35-6)27(37-8)22(15-18)36-7/h12-15,24,31H,9-11H2,1-8H3/b25-23+. The average Bonchev–Trinajstić information content (AvgIpc) is 3.13. The van der Waals surface area contributed by atoms with E-state index in [9.17, 15) is 14.7 Å². The van der Waals surface area contributed by atoms with E-state index in [2.05, 4.69) is 0 Å². The molecule has 37 heavy (non-hydrogen) atoms. The summed E-state index contributed by atoms with van der Waals surface area (Å²) in [6.07, 6.45) is 0.641. The van der Waals surface area contributed by atoms with Crippen LogP contribution in [-0.2, 0) is 9.59 Å². The molecule has 9 heteroatoms. The number of Topliss-reactive ketones (excluding diaryl/α,β-unsaturated/α-hetero) is 1. The van der Waals surface area contributed by atoms with Crippen LogP contribution < -0.4 is 18.9 Å². The van der Waals surface area contributed by atoms with E-state index in [0.29, 0.717) is 52.7 Å². The van der Waals surface area contributed by atoms with Crippen molar-refractivity contribution in [3.63, 3.8) is 0 Å². The molecule has 1 heterocycles. The van der Waals surface area contributed by atoms with E-state index >= 15 is 0 Å². The summed E-state index contributed by atoms with van der Waals surface area (Å²) >= 11 is 0. The number of carbonyl (C=O) groups excluding carboxylic acids is 2. The number of ketones is 1. The predicted molar refractivity (Wildman–Crippen MR) is 141 cm³/mol. The highest BCUT2D eigenvalue weighted by Gasteiger charge is 2.46. The third-order valence-electron chi connectivity index (χ3n) is 6.54. The number of likely N-dealkylation sites (tertiary alicyclic amines) is 1. The topological polar surface area (TPSA) is 97.8 Å². The first-order valence-corrected chi connectivity index (χ1v) is 12.0. The molecule has 9 nitrogen and oxygen atoms in total. The van der Waals surface area contributed by atoms with Crippen molar-refractivity contribution >= 4 is 17.4 Å². The van der Waals surface area contributed by atoms with Crippen LogP contribution in [-0.4, -0.2) is 82.2 Å². The maximum atomic E-state index is 13.4. The molecule has 1 atom stereocenters. The number of nitrogens with zero attached hydrogens (tertiary/aromatic N) is 2. The lowest BCUT2D eigenvalue weighted by molar-refractivity contribution is -0.139. The van der Waals surface area contributed by atoms with E-state index in [1.807, 2.05) is 32.8 Å². The minimum Gasteiger partial charge on any atom is -0.507 e. The maximum Gasteiger partial charge on any atom is 0.295 e. The van der Waals surface area contributed by atoms with Crippen molar-refractivity contribution in [1.29, 1.82) is 0 Å². The summed E-state index contributed by atoms with van der Waals surface area (Å²) in [4.78, 5) is 30.2. The number of hydrogen-bond donors (Lipinski definition) is 1. The number of carbonyl (C=O) groups is 2. The summed E-state index contributed by atoms with van der Waals surface area (Å²) < 4.78 is 21.9. The lowest BCUT2D eigenvalue weighted by Crippen LogP contribution is -2.32. The fourth-order valence-electron chi connectivity index (χ4n) is 4.68. The average molecular weight is 513 g/mol. The molecule has 0 saturated carbocycles. The van der Waals surface area contributed by atoms with Gasteiger partial charge in [-0.15, -0.1) is 0 Å². The molecule has 1 amide bonds. The predicted octanol–water partition coefficient (Wildman–Crippen LogP) is 3.71. The van der Waals surface area contributed by atoms with Crippen molar-refractivity contribution < 1.29 is 33.6 Å². The van der Waals surface area contributed by atoms with Crippen LogP contribution in [0.1, 0.15) is 34.7 Å². The van der Waals surface area contributed by atoms with Crippen molar-refractivity contribution in [3.8, 4) is 23.0 Å². The quantitative estimate of drug-likeness (QED) is 0.292. The van der Waals surface area contributed by atoms with Crippen molar-refractivity contribution in [1.82, 2.24) is 9.80 Å². The lowest BCUT2D eigenvalue weighted by Gasteiger charge is -2.27. The largest absolute Gasteiger partial charge is 0.507 e. The first kappa shape index (κ1) is 27.9. The molecule has 1 aliphatic heterocycles. The van der Waals surface area contributed by atoms with Crippen LogP contribution in [0.4, 0.5) is 0 Å². The van der Waals surface area contributed by atoms with Crippen LogP contribution in [0, 0.1) is 13.8 Å². The number of aliphatic hydroxyl groups is 1. The van der Waals surface area contributed by atoms with E-state index in [0.717, 1.165) is 12.1 Å². The Bertz CT molecular complexity index is 1190. The van der Waals surface area contributed by atoms with Gasteiger partial charge in [-0.25, -0.2) is 0 Å². The van der Waals surface area contributed by atoms with Crippen LogP contribution in [0.3, 0.4) is 0 Å². The smallest absolute Gasteiger partial charge is 0.295 e. The Balaban J connectivity index is 2.27. The Morgan fingerprint density at radius 2 is 1.49 bits per heavy atom. The molecule has 200 valence electrons. The SMILES string of the molecule is COc1cc(C)c(/C(O)=C2\C(=O)C(=O)N(CCCN(C)C)C2c2cc(OC)c(OC)c(OC)c2)cc1C. The van der Waals surface area contributed by atoms with Gasteiger partial charge < -0.3 is 33.9 Å². The van der Waals surface area contributed by atoms with E-state index in [4.69, 9.17) is 18.9 Å². The van der Waals surface area contributed by atoms with E-state index in [1.54, 1.807) is 31.4 Å². The minimum atomic E-state index is -0.849. The molecular formula is C28H36N2O7. The number of rotatable bonds is 10. The number of methoxy groups -OCH3 is 4. The molecule has 0 radical (unpaired) electrons. The zero-order valence-corrected chi connectivity index (χ0v) is 22.8. The summed E-state index contributed by atoms with van der Waals surface area (Å²) in [6, 6.07) is 6.12. The monoisotopic (exact) mass is 512 g/mol. The Labute approximate surface area is 218 Å². The van der Waals surface area contributed by atoms with Crippen LogP contribution in [0.5, 0.6) is 23.0 Å². The molecule has 0 aliphatic carbocycles. The summed E-state index contributed by atoms with van der Waals surface area (Å²) in [5, 5.41) is 11.5. The van der Waals surface area contributed by atoms with E-state index < -0.39 is 17.7 Å². The molecule has 3 rings (SSSR count). The van der Waals surface area contributed by atoms with Crippen LogP contribution in [0.15, 0.2) is 29.8 Å². The second-order valence-corrected chi connectivity index (χ2v) is 9.24. The number of aryl methyl sites for hydroxylation is 2. The molecule has 1 N–H and O–H groups in total. The molecule has 2 aromatic carbocycles. The van der Waals surface area contributed by atoms with Gasteiger partial charge >= 0.3 is 0 Å². The Morgan fingerprint density at radius 3 is 2.00 bits per heavy atom. The molecule has 0 spiro atoms. The highest BCUT2D eigenvalue weighted by atomic mass is 16.5. The molecule has 1 saturated heterocycles. The molecule has 0 aromatic heterocycles. The third kappa shape index (κ3) is 5.36. The van der Waals surface area contributed by atoms with Crippen molar-refractivity contribution in [2.45, 2.75) is 26.3 Å². The van der Waals surface area contributed by atoms with Gasteiger partial charge in [-0.3, -0.25) is 9.59 Å². The van der Waals surface area contributed by atoms with Gasteiger partial charge in [0, 0.05) is 12.1 Å². The first-order chi connectivity index (χ1) is 17.6. The van der Waals surface area contributed by atoms with Gasteiger partial charge in [0.25, 0.3) is 11.7 Å². The Kier molecular flexibility index (Phi) is 8.70. The molecule has 1 aliphatic rings. The number of benzene rings is 2. The summed E-state index contributed by atoms with van der Waals surface area (Å²) in [5.74, 6) is 0.171.